The van der Waals surface area contributed by atoms with E-state index in [0.29, 0.717) is 31.4 Å². The van der Waals surface area contributed by atoms with Gasteiger partial charge in [0.05, 0.1) is 6.42 Å². The Bertz CT molecular complexity index is 980. The molecule has 13 nitrogen and oxygen atoms in total. The van der Waals surface area contributed by atoms with Crippen molar-refractivity contribution in [1.82, 2.24) is 16.1 Å². The number of phenols is 1. The summed E-state index contributed by atoms with van der Waals surface area (Å²) in [7, 11) is 0. The van der Waals surface area contributed by atoms with Crippen LogP contribution in [0.3, 0.4) is 0 Å². The summed E-state index contributed by atoms with van der Waals surface area (Å²) in [5, 5.41) is 14.5. The van der Waals surface area contributed by atoms with Gasteiger partial charge in [-0.05, 0) is 36.5 Å². The van der Waals surface area contributed by atoms with Crippen LogP contribution >= 0.6 is 0 Å². The van der Waals surface area contributed by atoms with Gasteiger partial charge in [-0.1, -0.05) is 32.4 Å². The van der Waals surface area contributed by atoms with Crippen LogP contribution in [-0.4, -0.2) is 59.0 Å². The molecule has 0 radical (unpaired) electrons. The van der Waals surface area contributed by atoms with E-state index in [0.717, 1.165) is 0 Å². The lowest BCUT2D eigenvalue weighted by molar-refractivity contribution is -0.129. The highest BCUT2D eigenvalue weighted by Gasteiger charge is 2.28. The van der Waals surface area contributed by atoms with Crippen LogP contribution in [0.2, 0.25) is 0 Å². The van der Waals surface area contributed by atoms with E-state index in [9.17, 15) is 29.1 Å². The van der Waals surface area contributed by atoms with Gasteiger partial charge in [-0.2, -0.15) is 0 Å². The Labute approximate surface area is 215 Å². The van der Waals surface area contributed by atoms with Crippen LogP contribution < -0.4 is 33.4 Å². The number of hydrogen-bond donors (Lipinski definition) is 7. The van der Waals surface area contributed by atoms with E-state index in [1.54, 1.807) is 6.92 Å². The summed E-state index contributed by atoms with van der Waals surface area (Å²) in [6, 6.07) is 3.45. The third-order valence-corrected chi connectivity index (χ3v) is 5.63. The molecule has 204 valence electrons. The monoisotopic (exact) mass is 519 g/mol. The molecule has 0 spiro atoms. The second-order valence-electron chi connectivity index (χ2n) is 8.68. The maximum atomic E-state index is 13.1. The van der Waals surface area contributed by atoms with Crippen LogP contribution in [0.4, 0.5) is 0 Å². The minimum atomic E-state index is -1.39. The lowest BCUT2D eigenvalue weighted by atomic mass is 9.98. The highest BCUT2D eigenvalue weighted by molar-refractivity contribution is 6.41. The standard InChI is InChI=1S/C24H37N7O6/c1-3-14(2)21(22(26)35)31-24(37)17(12-15-7-9-16(32)10-8-15)30-23(36)18(13-19(25)33)29-20(34)6-4-5-11-28-27/h7-10,14,18,21,28,32H,3-6,11-13,27H2,1-2H3,(H2,25,33)(H2,26,35)(H,29,34)(H,31,37)/t14-,18-,21-/m0/s1. The van der Waals surface area contributed by atoms with Gasteiger partial charge >= 0.3 is 0 Å². The van der Waals surface area contributed by atoms with Crippen molar-refractivity contribution in [2.24, 2.45) is 28.2 Å². The predicted octanol–water partition coefficient (Wildman–Crippen LogP) is -1.09. The zero-order valence-corrected chi connectivity index (χ0v) is 21.2. The van der Waals surface area contributed by atoms with E-state index in [1.807, 2.05) is 6.92 Å². The summed E-state index contributed by atoms with van der Waals surface area (Å²) in [4.78, 5) is 65.8. The first-order chi connectivity index (χ1) is 17.5. The van der Waals surface area contributed by atoms with E-state index in [1.165, 1.54) is 24.3 Å². The van der Waals surface area contributed by atoms with Gasteiger partial charge in [0, 0.05) is 19.4 Å². The molecule has 1 aromatic carbocycles. The van der Waals surface area contributed by atoms with Gasteiger partial charge in [0.25, 0.3) is 11.8 Å². The number of carbonyl (C=O) groups excluding carboxylic acids is 5. The molecule has 0 heterocycles. The second-order valence-corrected chi connectivity index (χ2v) is 8.68. The maximum absolute atomic E-state index is 13.1. The topological polar surface area (TPSA) is 232 Å². The molecule has 0 bridgehead atoms. The fourth-order valence-electron chi connectivity index (χ4n) is 3.32. The van der Waals surface area contributed by atoms with E-state index in [2.05, 4.69) is 21.1 Å². The van der Waals surface area contributed by atoms with Gasteiger partial charge in [-0.15, -0.1) is 0 Å². The number of amides is 5. The molecule has 13 heteroatoms. The molecule has 0 aliphatic rings. The van der Waals surface area contributed by atoms with Gasteiger partial charge in [-0.3, -0.25) is 35.2 Å². The fourth-order valence-corrected chi connectivity index (χ4v) is 3.32. The van der Waals surface area contributed by atoms with E-state index in [4.69, 9.17) is 17.3 Å². The minimum absolute atomic E-state index is 0.000178. The zero-order chi connectivity index (χ0) is 28.0. The fraction of sp³-hybridized carbons (Fsp3) is 0.500. The van der Waals surface area contributed by atoms with Crippen molar-refractivity contribution in [1.29, 1.82) is 0 Å². The first-order valence-corrected chi connectivity index (χ1v) is 12.0. The Hall–Kier alpha value is -3.84. The molecule has 0 aliphatic carbocycles. The molecular weight excluding hydrogens is 482 g/mol. The lowest BCUT2D eigenvalue weighted by Gasteiger charge is -2.22. The number of hydrogen-bond acceptors (Lipinski definition) is 8. The van der Waals surface area contributed by atoms with Gasteiger partial charge in [-0.25, -0.2) is 4.99 Å². The summed E-state index contributed by atoms with van der Waals surface area (Å²) in [5.74, 6) is 1.03. The smallest absolute Gasteiger partial charge is 0.269 e. The number of nitrogens with two attached hydrogens (primary N) is 3. The van der Waals surface area contributed by atoms with Gasteiger partial charge < -0.3 is 27.2 Å². The SMILES string of the molecule is CC[C@H](C)[C@H](NC(=O)C(Cc1ccc(O)cc1)=NC(=O)[C@H](CC(N)=O)NC(=O)CCCCNN)C(N)=O. The van der Waals surface area contributed by atoms with Gasteiger partial charge in [0.1, 0.15) is 23.5 Å². The van der Waals surface area contributed by atoms with Crippen molar-refractivity contribution >= 4 is 35.2 Å². The molecule has 0 aliphatic heterocycles. The average molecular weight is 520 g/mol. The third-order valence-electron chi connectivity index (χ3n) is 5.63. The lowest BCUT2D eigenvalue weighted by Crippen LogP contribution is -2.51. The van der Waals surface area contributed by atoms with Crippen molar-refractivity contribution in [3.05, 3.63) is 29.8 Å². The highest BCUT2D eigenvalue weighted by atomic mass is 16.3. The summed E-state index contributed by atoms with van der Waals surface area (Å²) >= 11 is 0. The molecule has 0 aromatic heterocycles. The first kappa shape index (κ1) is 31.2. The molecule has 0 fully saturated rings. The van der Waals surface area contributed by atoms with Crippen LogP contribution in [0, 0.1) is 5.92 Å². The van der Waals surface area contributed by atoms with E-state index < -0.39 is 48.0 Å². The van der Waals surface area contributed by atoms with Gasteiger partial charge in [0.15, 0.2) is 0 Å². The number of carbonyl (C=O) groups is 5. The zero-order valence-electron chi connectivity index (χ0n) is 21.2. The van der Waals surface area contributed by atoms with Crippen LogP contribution in [0.5, 0.6) is 5.75 Å². The van der Waals surface area contributed by atoms with E-state index >= 15 is 0 Å². The highest BCUT2D eigenvalue weighted by Crippen LogP contribution is 2.12. The van der Waals surface area contributed by atoms with Gasteiger partial charge in [0.2, 0.25) is 17.7 Å². The Kier molecular flexibility index (Phi) is 13.5. The number of nitrogens with one attached hydrogen (secondary N) is 3. The van der Waals surface area contributed by atoms with Crippen LogP contribution in [0.25, 0.3) is 0 Å². The number of primary amides is 2. The van der Waals surface area contributed by atoms with Crippen LogP contribution in [0.1, 0.15) is 51.5 Å². The number of hydrazine groups is 1. The van der Waals surface area contributed by atoms with Crippen LogP contribution in [0.15, 0.2) is 29.3 Å². The van der Waals surface area contributed by atoms with Crippen molar-refractivity contribution < 1.29 is 29.1 Å². The quantitative estimate of drug-likeness (QED) is 0.0612. The summed E-state index contributed by atoms with van der Waals surface area (Å²) in [5.41, 5.74) is 13.4. The number of phenolic OH excluding ortho intramolecular Hbond substituents is 1. The molecule has 37 heavy (non-hydrogen) atoms. The molecule has 5 amide bonds. The predicted molar refractivity (Wildman–Crippen MR) is 137 cm³/mol. The Morgan fingerprint density at radius 2 is 1.68 bits per heavy atom. The first-order valence-electron chi connectivity index (χ1n) is 12.0. The number of benzene rings is 1. The summed E-state index contributed by atoms with van der Waals surface area (Å²) in [6.07, 6.45) is 1.05. The molecule has 10 N–H and O–H groups in total. The normalized spacial score (nSPS) is 13.8. The molecule has 0 saturated carbocycles. The molecule has 1 aromatic rings. The Morgan fingerprint density at radius 1 is 1.03 bits per heavy atom. The number of aliphatic imine (C=N–C) groups is 1. The second kappa shape index (κ2) is 16.0. The number of aromatic hydroxyl groups is 1. The molecule has 1 rings (SSSR count). The Balaban J connectivity index is 3.23. The number of rotatable bonds is 16. The van der Waals surface area contributed by atoms with Crippen molar-refractivity contribution in [2.45, 2.75) is 64.5 Å². The number of unbranched alkanes of at least 4 members (excludes halogenated alkanes) is 1. The largest absolute Gasteiger partial charge is 0.508 e. The number of nitrogens with zero attached hydrogens (tertiary/aromatic N) is 1. The minimum Gasteiger partial charge on any atom is -0.508 e. The summed E-state index contributed by atoms with van der Waals surface area (Å²) in [6.45, 7) is 4.06. The Morgan fingerprint density at radius 3 is 2.22 bits per heavy atom. The molecule has 3 atom stereocenters. The van der Waals surface area contributed by atoms with E-state index in [-0.39, 0.29) is 30.2 Å². The van der Waals surface area contributed by atoms with Crippen LogP contribution in [-0.2, 0) is 30.4 Å². The van der Waals surface area contributed by atoms with Crippen molar-refractivity contribution in [2.75, 3.05) is 6.54 Å². The van der Waals surface area contributed by atoms with Crippen molar-refractivity contribution in [3.8, 4) is 5.75 Å². The molecule has 0 saturated heterocycles. The average Bonchev–Trinajstić information content (AvgIpc) is 2.84. The molecular formula is C24H37N7O6. The summed E-state index contributed by atoms with van der Waals surface area (Å²) < 4.78 is 0. The molecule has 0 unspecified atom stereocenters. The maximum Gasteiger partial charge on any atom is 0.269 e. The third kappa shape index (κ3) is 11.6. The van der Waals surface area contributed by atoms with Crippen molar-refractivity contribution in [3.63, 3.8) is 0 Å².